The largest absolute Gasteiger partial charge is 0.443 e. The summed E-state index contributed by atoms with van der Waals surface area (Å²) in [5.41, 5.74) is 4.62. The Bertz CT molecular complexity index is 151. The van der Waals surface area contributed by atoms with Crippen molar-refractivity contribution in [2.45, 2.75) is 12.5 Å². The number of carbonyl (C=O) groups excluding carboxylic acids is 1. The van der Waals surface area contributed by atoms with Crippen LogP contribution >= 0.6 is 0 Å². The maximum atomic E-state index is 10.0. The molecule has 0 aromatic carbocycles. The minimum absolute atomic E-state index is 0.0422. The summed E-state index contributed by atoms with van der Waals surface area (Å²) in [6, 6.07) is 1.73. The molecule has 0 spiro atoms. The average Bonchev–Trinajstić information content (AvgIpc) is 1.86. The smallest absolute Gasteiger partial charge is 0.404 e. The van der Waals surface area contributed by atoms with Crippen molar-refractivity contribution in [3.05, 3.63) is 0 Å². The summed E-state index contributed by atoms with van der Waals surface area (Å²) in [5, 5.41) is 16.5. The fraction of sp³-hybridized carbons (Fsp3) is 0.600. The summed E-state index contributed by atoms with van der Waals surface area (Å²) in [4.78, 5) is 10.0. The minimum Gasteiger partial charge on any atom is -0.443 e. The van der Waals surface area contributed by atoms with E-state index in [9.17, 15) is 4.79 Å². The molecule has 5 heteroatoms. The van der Waals surface area contributed by atoms with E-state index in [1.165, 1.54) is 0 Å². The minimum atomic E-state index is -0.977. The van der Waals surface area contributed by atoms with E-state index in [0.717, 1.165) is 0 Å². The fourth-order valence-corrected chi connectivity index (χ4v) is 0.410. The molecule has 0 saturated heterocycles. The number of primary amides is 1. The summed E-state index contributed by atoms with van der Waals surface area (Å²) < 4.78 is 4.31. The number of ether oxygens (including phenoxy) is 1. The second kappa shape index (κ2) is 4.58. The number of carbonyl (C=O) groups is 1. The molecule has 56 valence electrons. The highest BCUT2D eigenvalue weighted by Gasteiger charge is 2.09. The number of amides is 1. The molecule has 0 aliphatic rings. The molecule has 0 unspecified atom stereocenters. The van der Waals surface area contributed by atoms with Gasteiger partial charge in [-0.1, -0.05) is 0 Å². The van der Waals surface area contributed by atoms with Crippen molar-refractivity contribution in [2.24, 2.45) is 5.73 Å². The summed E-state index contributed by atoms with van der Waals surface area (Å²) in [7, 11) is 0. The predicted octanol–water partition coefficient (Wildman–Crippen LogP) is -0.644. The Balaban J connectivity index is 3.62. The van der Waals surface area contributed by atoms with Crippen molar-refractivity contribution < 1.29 is 14.6 Å². The summed E-state index contributed by atoms with van der Waals surface area (Å²) in [5.74, 6) is 0. The van der Waals surface area contributed by atoms with Crippen molar-refractivity contribution >= 4 is 6.09 Å². The van der Waals surface area contributed by atoms with Gasteiger partial charge in [-0.3, -0.25) is 0 Å². The van der Waals surface area contributed by atoms with Gasteiger partial charge in [0.25, 0.3) is 0 Å². The Hall–Kier alpha value is -1.28. The lowest BCUT2D eigenvalue weighted by Gasteiger charge is -2.08. The Morgan fingerprint density at radius 3 is 2.80 bits per heavy atom. The van der Waals surface area contributed by atoms with Crippen molar-refractivity contribution in [1.82, 2.24) is 0 Å². The molecule has 3 N–H and O–H groups in total. The van der Waals surface area contributed by atoms with Crippen LogP contribution in [-0.2, 0) is 4.74 Å². The highest BCUT2D eigenvalue weighted by atomic mass is 16.6. The van der Waals surface area contributed by atoms with Gasteiger partial charge in [-0.05, 0) is 0 Å². The maximum Gasteiger partial charge on any atom is 0.404 e. The number of aliphatic hydroxyl groups is 1. The molecule has 0 bridgehead atoms. The zero-order valence-electron chi connectivity index (χ0n) is 5.28. The third-order valence-corrected chi connectivity index (χ3v) is 0.805. The van der Waals surface area contributed by atoms with Gasteiger partial charge in [0.15, 0.2) is 0 Å². The molecule has 0 saturated carbocycles. The molecule has 0 aromatic heterocycles. The molecule has 1 amide bonds. The van der Waals surface area contributed by atoms with Gasteiger partial charge in [0, 0.05) is 0 Å². The van der Waals surface area contributed by atoms with Crippen LogP contribution in [0.25, 0.3) is 0 Å². The van der Waals surface area contributed by atoms with Gasteiger partial charge in [0.2, 0.25) is 0 Å². The van der Waals surface area contributed by atoms with Gasteiger partial charge in [-0.2, -0.15) is 5.26 Å². The summed E-state index contributed by atoms with van der Waals surface area (Å²) in [6.45, 7) is -0.378. The number of hydrogen-bond donors (Lipinski definition) is 2. The fourth-order valence-electron chi connectivity index (χ4n) is 0.410. The lowest BCUT2D eigenvalue weighted by atomic mass is 10.3. The molecule has 0 aromatic rings. The van der Waals surface area contributed by atoms with Crippen LogP contribution in [0.1, 0.15) is 6.42 Å². The highest BCUT2D eigenvalue weighted by Crippen LogP contribution is 1.94. The number of rotatable bonds is 3. The standard InChI is InChI=1S/C5H8N2O3/c6-2-1-4(3-8)10-5(7)9/h4,8H,1,3H2,(H2,7,9)/t4-/m0/s1. The van der Waals surface area contributed by atoms with E-state index >= 15 is 0 Å². The van der Waals surface area contributed by atoms with Crippen LogP contribution in [0.3, 0.4) is 0 Å². The molecular weight excluding hydrogens is 136 g/mol. The van der Waals surface area contributed by atoms with Gasteiger partial charge in [-0.15, -0.1) is 0 Å². The molecule has 0 radical (unpaired) electrons. The molecule has 0 fully saturated rings. The van der Waals surface area contributed by atoms with E-state index in [1.807, 2.05) is 0 Å². The van der Waals surface area contributed by atoms with Crippen LogP contribution < -0.4 is 5.73 Å². The Kier molecular flexibility index (Phi) is 4.00. The molecule has 10 heavy (non-hydrogen) atoms. The van der Waals surface area contributed by atoms with E-state index < -0.39 is 12.2 Å². The molecule has 0 rings (SSSR count). The Morgan fingerprint density at radius 1 is 1.90 bits per heavy atom. The van der Waals surface area contributed by atoms with Crippen molar-refractivity contribution in [1.29, 1.82) is 5.26 Å². The number of nitriles is 1. The zero-order valence-corrected chi connectivity index (χ0v) is 5.28. The van der Waals surface area contributed by atoms with Crippen LogP contribution in [0.5, 0.6) is 0 Å². The first-order valence-electron chi connectivity index (χ1n) is 2.64. The first-order valence-corrected chi connectivity index (χ1v) is 2.64. The van der Waals surface area contributed by atoms with Crippen LogP contribution in [0, 0.1) is 11.3 Å². The third-order valence-electron chi connectivity index (χ3n) is 0.805. The molecule has 1 atom stereocenters. The SMILES string of the molecule is N#CC[C@@H](CO)OC(N)=O. The molecular formula is C5H8N2O3. The highest BCUT2D eigenvalue weighted by molar-refractivity contribution is 5.64. The Morgan fingerprint density at radius 2 is 2.50 bits per heavy atom. The quantitative estimate of drug-likeness (QED) is 0.550. The lowest BCUT2D eigenvalue weighted by molar-refractivity contribution is 0.0664. The first kappa shape index (κ1) is 8.72. The van der Waals surface area contributed by atoms with Crippen LogP contribution in [0.4, 0.5) is 4.79 Å². The van der Waals surface area contributed by atoms with E-state index in [2.05, 4.69) is 10.5 Å². The van der Waals surface area contributed by atoms with Gasteiger partial charge >= 0.3 is 6.09 Å². The van der Waals surface area contributed by atoms with Crippen molar-refractivity contribution in [3.63, 3.8) is 0 Å². The van der Waals surface area contributed by atoms with Gasteiger partial charge in [0.05, 0.1) is 19.1 Å². The lowest BCUT2D eigenvalue weighted by Crippen LogP contribution is -2.25. The second-order valence-electron chi connectivity index (χ2n) is 1.60. The monoisotopic (exact) mass is 144 g/mol. The van der Waals surface area contributed by atoms with Crippen molar-refractivity contribution in [3.8, 4) is 6.07 Å². The maximum absolute atomic E-state index is 10.0. The predicted molar refractivity (Wildman–Crippen MR) is 31.8 cm³/mol. The van der Waals surface area contributed by atoms with Gasteiger partial charge in [0.1, 0.15) is 6.10 Å². The second-order valence-corrected chi connectivity index (χ2v) is 1.60. The number of nitrogens with two attached hydrogens (primary N) is 1. The topological polar surface area (TPSA) is 96.3 Å². The van der Waals surface area contributed by atoms with Gasteiger partial charge < -0.3 is 15.6 Å². The summed E-state index contributed by atoms with van der Waals surface area (Å²) in [6.07, 6.45) is -1.81. The van der Waals surface area contributed by atoms with E-state index in [0.29, 0.717) is 0 Å². The molecule has 0 heterocycles. The van der Waals surface area contributed by atoms with E-state index in [4.69, 9.17) is 10.4 Å². The summed E-state index contributed by atoms with van der Waals surface area (Å²) >= 11 is 0. The van der Waals surface area contributed by atoms with Crippen molar-refractivity contribution in [2.75, 3.05) is 6.61 Å². The first-order chi connectivity index (χ1) is 4.70. The van der Waals surface area contributed by atoms with Crippen LogP contribution in [0.15, 0.2) is 0 Å². The van der Waals surface area contributed by atoms with E-state index in [1.54, 1.807) is 6.07 Å². The third kappa shape index (κ3) is 3.69. The normalized spacial score (nSPS) is 11.6. The van der Waals surface area contributed by atoms with Gasteiger partial charge in [-0.25, -0.2) is 4.79 Å². The average molecular weight is 144 g/mol. The number of nitrogens with zero attached hydrogens (tertiary/aromatic N) is 1. The molecule has 0 aliphatic heterocycles. The number of hydrogen-bond acceptors (Lipinski definition) is 4. The Labute approximate surface area is 58.0 Å². The zero-order chi connectivity index (χ0) is 7.98. The molecule has 5 nitrogen and oxygen atoms in total. The van der Waals surface area contributed by atoms with Crippen LogP contribution in [-0.4, -0.2) is 23.9 Å². The van der Waals surface area contributed by atoms with E-state index in [-0.39, 0.29) is 13.0 Å². The number of aliphatic hydroxyl groups excluding tert-OH is 1. The van der Waals surface area contributed by atoms with Crippen LogP contribution in [0.2, 0.25) is 0 Å². The molecule has 0 aliphatic carbocycles.